The van der Waals surface area contributed by atoms with Crippen molar-refractivity contribution in [2.75, 3.05) is 12.3 Å². The second kappa shape index (κ2) is 6.03. The number of carbonyl (C=O) groups is 1. The van der Waals surface area contributed by atoms with Crippen molar-refractivity contribution in [3.05, 3.63) is 30.5 Å². The van der Waals surface area contributed by atoms with Crippen molar-refractivity contribution in [2.45, 2.75) is 5.03 Å². The fourth-order valence-electron chi connectivity index (χ4n) is 1.44. The maximum atomic E-state index is 11.4. The van der Waals surface area contributed by atoms with E-state index in [1.807, 2.05) is 24.3 Å². The normalized spacial score (nSPS) is 9.94. The van der Waals surface area contributed by atoms with Crippen molar-refractivity contribution in [2.24, 2.45) is 0 Å². The number of benzene rings is 1. The van der Waals surface area contributed by atoms with Crippen molar-refractivity contribution in [1.82, 2.24) is 15.5 Å². The van der Waals surface area contributed by atoms with Crippen LogP contribution in [0.25, 0.3) is 10.8 Å². The molecule has 1 amide bonds. The van der Waals surface area contributed by atoms with E-state index in [4.69, 9.17) is 6.42 Å². The lowest BCUT2D eigenvalue weighted by Crippen LogP contribution is -2.25. The maximum Gasteiger partial charge on any atom is 0.231 e. The SMILES string of the molecule is C#CCNC(=O)CSc1nncc2ccccc12. The summed E-state index contributed by atoms with van der Waals surface area (Å²) in [5.74, 6) is 2.54. The van der Waals surface area contributed by atoms with Crippen LogP contribution in [0.3, 0.4) is 0 Å². The molecular weight excluding hydrogens is 246 g/mol. The standard InChI is InChI=1S/C13H11N3OS/c1-2-7-14-12(17)9-18-13-11-6-4-3-5-10(11)8-15-16-13/h1,3-6,8H,7,9H2,(H,14,17). The van der Waals surface area contributed by atoms with Gasteiger partial charge in [0.25, 0.3) is 0 Å². The topological polar surface area (TPSA) is 54.9 Å². The molecule has 1 heterocycles. The van der Waals surface area contributed by atoms with E-state index in [2.05, 4.69) is 21.4 Å². The molecule has 0 atom stereocenters. The fourth-order valence-corrected chi connectivity index (χ4v) is 2.26. The number of carbonyl (C=O) groups excluding carboxylic acids is 1. The average Bonchev–Trinajstić information content (AvgIpc) is 2.42. The van der Waals surface area contributed by atoms with Crippen LogP contribution in [-0.4, -0.2) is 28.4 Å². The van der Waals surface area contributed by atoms with Crippen LogP contribution in [-0.2, 0) is 4.79 Å². The Morgan fingerprint density at radius 2 is 2.28 bits per heavy atom. The molecule has 2 aromatic rings. The number of fused-ring (bicyclic) bond motifs is 1. The minimum absolute atomic E-state index is 0.104. The first-order valence-corrected chi connectivity index (χ1v) is 6.33. The van der Waals surface area contributed by atoms with Gasteiger partial charge >= 0.3 is 0 Å². The minimum atomic E-state index is -0.104. The molecule has 0 aliphatic heterocycles. The van der Waals surface area contributed by atoms with Gasteiger partial charge in [0.2, 0.25) is 5.91 Å². The zero-order valence-corrected chi connectivity index (χ0v) is 10.4. The molecule has 2 rings (SSSR count). The lowest BCUT2D eigenvalue weighted by atomic mass is 10.2. The third-order valence-electron chi connectivity index (χ3n) is 2.26. The van der Waals surface area contributed by atoms with E-state index in [0.29, 0.717) is 0 Å². The van der Waals surface area contributed by atoms with Gasteiger partial charge in [-0.1, -0.05) is 41.9 Å². The fraction of sp³-hybridized carbons (Fsp3) is 0.154. The molecule has 1 N–H and O–H groups in total. The second-order valence-electron chi connectivity index (χ2n) is 3.51. The first-order valence-electron chi connectivity index (χ1n) is 5.34. The largest absolute Gasteiger partial charge is 0.344 e. The van der Waals surface area contributed by atoms with Gasteiger partial charge in [0.15, 0.2) is 0 Å². The molecule has 4 nitrogen and oxygen atoms in total. The van der Waals surface area contributed by atoms with Crippen LogP contribution < -0.4 is 5.32 Å². The molecule has 0 unspecified atom stereocenters. The van der Waals surface area contributed by atoms with Gasteiger partial charge in [-0.2, -0.15) is 5.10 Å². The van der Waals surface area contributed by atoms with Crippen molar-refractivity contribution in [3.8, 4) is 12.3 Å². The van der Waals surface area contributed by atoms with E-state index in [-0.39, 0.29) is 18.2 Å². The Hall–Kier alpha value is -2.06. The van der Waals surface area contributed by atoms with Gasteiger partial charge in [0, 0.05) is 10.8 Å². The molecule has 90 valence electrons. The lowest BCUT2D eigenvalue weighted by molar-refractivity contribution is -0.118. The average molecular weight is 257 g/mol. The first kappa shape index (κ1) is 12.4. The van der Waals surface area contributed by atoms with Crippen LogP contribution in [0.5, 0.6) is 0 Å². The van der Waals surface area contributed by atoms with Crippen LogP contribution in [0, 0.1) is 12.3 Å². The molecule has 0 bridgehead atoms. The number of amides is 1. The molecule has 0 spiro atoms. The quantitative estimate of drug-likeness (QED) is 0.665. The lowest BCUT2D eigenvalue weighted by Gasteiger charge is -2.04. The Labute approximate surface area is 109 Å². The summed E-state index contributed by atoms with van der Waals surface area (Å²) in [6.07, 6.45) is 6.77. The van der Waals surface area contributed by atoms with Gasteiger partial charge in [0.1, 0.15) is 5.03 Å². The predicted octanol–water partition coefficient (Wildman–Crippen LogP) is 1.47. The highest BCUT2D eigenvalue weighted by Gasteiger charge is 2.06. The number of nitrogens with one attached hydrogen (secondary N) is 1. The van der Waals surface area contributed by atoms with Gasteiger partial charge in [-0.25, -0.2) is 0 Å². The number of thioether (sulfide) groups is 1. The molecular formula is C13H11N3OS. The van der Waals surface area contributed by atoms with E-state index < -0.39 is 0 Å². The molecule has 0 aliphatic rings. The predicted molar refractivity (Wildman–Crippen MR) is 72.1 cm³/mol. The summed E-state index contributed by atoms with van der Waals surface area (Å²) < 4.78 is 0. The van der Waals surface area contributed by atoms with Crippen LogP contribution >= 0.6 is 11.8 Å². The van der Waals surface area contributed by atoms with Crippen molar-refractivity contribution >= 4 is 28.4 Å². The van der Waals surface area contributed by atoms with Crippen LogP contribution in [0.2, 0.25) is 0 Å². The van der Waals surface area contributed by atoms with E-state index >= 15 is 0 Å². The number of hydrogen-bond acceptors (Lipinski definition) is 4. The van der Waals surface area contributed by atoms with Crippen molar-refractivity contribution in [1.29, 1.82) is 0 Å². The third-order valence-corrected chi connectivity index (χ3v) is 3.25. The first-order chi connectivity index (χ1) is 8.81. The Morgan fingerprint density at radius 1 is 1.44 bits per heavy atom. The maximum absolute atomic E-state index is 11.4. The summed E-state index contributed by atoms with van der Waals surface area (Å²) in [4.78, 5) is 11.4. The molecule has 5 heteroatoms. The molecule has 0 saturated heterocycles. The molecule has 1 aromatic carbocycles. The highest BCUT2D eigenvalue weighted by Crippen LogP contribution is 2.24. The monoisotopic (exact) mass is 257 g/mol. The van der Waals surface area contributed by atoms with E-state index in [1.165, 1.54) is 11.8 Å². The smallest absolute Gasteiger partial charge is 0.231 e. The van der Waals surface area contributed by atoms with Crippen molar-refractivity contribution in [3.63, 3.8) is 0 Å². The van der Waals surface area contributed by atoms with Gasteiger partial charge in [0.05, 0.1) is 18.5 Å². The Bertz CT molecular complexity index is 601. The minimum Gasteiger partial charge on any atom is -0.344 e. The summed E-state index contributed by atoms with van der Waals surface area (Å²) >= 11 is 1.35. The highest BCUT2D eigenvalue weighted by atomic mass is 32.2. The number of hydrogen-bond donors (Lipinski definition) is 1. The van der Waals surface area contributed by atoms with E-state index in [1.54, 1.807) is 6.20 Å². The molecule has 0 saturated carbocycles. The highest BCUT2D eigenvalue weighted by molar-refractivity contribution is 8.00. The number of aromatic nitrogens is 2. The summed E-state index contributed by atoms with van der Waals surface area (Å²) in [7, 11) is 0. The van der Waals surface area contributed by atoms with Gasteiger partial charge in [-0.05, 0) is 0 Å². The summed E-state index contributed by atoms with van der Waals surface area (Å²) in [5.41, 5.74) is 0. The molecule has 18 heavy (non-hydrogen) atoms. The van der Waals surface area contributed by atoms with Crippen molar-refractivity contribution < 1.29 is 4.79 Å². The molecule has 0 radical (unpaired) electrons. The van der Waals surface area contributed by atoms with E-state index in [9.17, 15) is 4.79 Å². The molecule has 1 aromatic heterocycles. The molecule has 0 fully saturated rings. The van der Waals surface area contributed by atoms with Crippen LogP contribution in [0.1, 0.15) is 0 Å². The Kier molecular flexibility index (Phi) is 4.15. The van der Waals surface area contributed by atoms with Gasteiger partial charge in [-0.15, -0.1) is 11.5 Å². The van der Waals surface area contributed by atoms with E-state index in [0.717, 1.165) is 15.8 Å². The molecule has 0 aliphatic carbocycles. The summed E-state index contributed by atoms with van der Waals surface area (Å²) in [6.45, 7) is 0.251. The van der Waals surface area contributed by atoms with Gasteiger partial charge in [-0.3, -0.25) is 4.79 Å². The second-order valence-corrected chi connectivity index (χ2v) is 4.47. The number of terminal acetylenes is 1. The van der Waals surface area contributed by atoms with Crippen LogP contribution in [0.4, 0.5) is 0 Å². The summed E-state index contributed by atoms with van der Waals surface area (Å²) in [6, 6.07) is 7.81. The Morgan fingerprint density at radius 3 is 3.11 bits per heavy atom. The zero-order chi connectivity index (χ0) is 12.8. The third kappa shape index (κ3) is 2.99. The number of nitrogens with zero attached hydrogens (tertiary/aromatic N) is 2. The zero-order valence-electron chi connectivity index (χ0n) is 9.59. The van der Waals surface area contributed by atoms with Gasteiger partial charge < -0.3 is 5.32 Å². The summed E-state index contributed by atoms with van der Waals surface area (Å²) in [5, 5.41) is 13.3. The number of rotatable bonds is 4. The Balaban J connectivity index is 2.08. The van der Waals surface area contributed by atoms with Crippen LogP contribution in [0.15, 0.2) is 35.5 Å².